The Morgan fingerprint density at radius 2 is 1.43 bits per heavy atom. The summed E-state index contributed by atoms with van der Waals surface area (Å²) >= 11 is 0. The Morgan fingerprint density at radius 1 is 0.759 bits per heavy atom. The van der Waals surface area contributed by atoms with Crippen molar-refractivity contribution in [3.8, 4) is 17.2 Å². The van der Waals surface area contributed by atoms with E-state index < -0.39 is 4.92 Å². The SMILES string of the molecule is COc1cc2c(cc1OCc1cc(COc3cc4c(cc3C)C(=O)N3c5ccccc5C[C@H]3C=N4)cc([N+](=O)[O-])c1)CC[C@@H]1Cc3ccccc3N1C2=O. The average molecular weight is 721 g/mol. The highest BCUT2D eigenvalue weighted by Gasteiger charge is 2.38. The van der Waals surface area contributed by atoms with Gasteiger partial charge in [0, 0.05) is 53.8 Å². The third kappa shape index (κ3) is 5.72. The highest BCUT2D eigenvalue weighted by molar-refractivity contribution is 6.14. The number of hydrogen-bond donors (Lipinski definition) is 0. The van der Waals surface area contributed by atoms with Crippen LogP contribution in [0.15, 0.2) is 96.0 Å². The first-order chi connectivity index (χ1) is 26.2. The lowest BCUT2D eigenvalue weighted by Crippen LogP contribution is -2.37. The van der Waals surface area contributed by atoms with Crippen molar-refractivity contribution in [1.29, 1.82) is 0 Å². The summed E-state index contributed by atoms with van der Waals surface area (Å²) in [5.74, 6) is 1.22. The van der Waals surface area contributed by atoms with Gasteiger partial charge in [-0.15, -0.1) is 0 Å². The summed E-state index contributed by atoms with van der Waals surface area (Å²) in [6.07, 6.45) is 4.85. The Labute approximate surface area is 311 Å². The first kappa shape index (κ1) is 33.4. The topological polar surface area (TPSA) is 124 Å². The summed E-state index contributed by atoms with van der Waals surface area (Å²) < 4.78 is 18.2. The first-order valence-corrected chi connectivity index (χ1v) is 18.0. The number of nitrogens with zero attached hydrogens (tertiary/aromatic N) is 4. The number of aryl methyl sites for hydroxylation is 2. The number of nitro groups is 1. The van der Waals surface area contributed by atoms with Crippen molar-refractivity contribution in [2.45, 2.75) is 57.9 Å². The molecule has 5 aromatic carbocycles. The fraction of sp³-hybridized carbons (Fsp3) is 0.233. The number of benzene rings is 5. The smallest absolute Gasteiger partial charge is 0.270 e. The Bertz CT molecular complexity index is 2420. The molecule has 0 aliphatic carbocycles. The molecule has 4 heterocycles. The molecule has 4 aliphatic rings. The van der Waals surface area contributed by atoms with Crippen LogP contribution in [0.4, 0.5) is 22.7 Å². The van der Waals surface area contributed by atoms with Crippen molar-refractivity contribution in [2.75, 3.05) is 16.9 Å². The van der Waals surface area contributed by atoms with Crippen LogP contribution in [0.25, 0.3) is 0 Å². The number of nitro benzene ring substituents is 1. The first-order valence-electron chi connectivity index (χ1n) is 18.0. The van der Waals surface area contributed by atoms with Gasteiger partial charge in [-0.1, -0.05) is 36.4 Å². The largest absolute Gasteiger partial charge is 0.493 e. The van der Waals surface area contributed by atoms with E-state index in [9.17, 15) is 19.7 Å². The van der Waals surface area contributed by atoms with Gasteiger partial charge >= 0.3 is 0 Å². The maximum atomic E-state index is 13.9. The highest BCUT2D eigenvalue weighted by atomic mass is 16.6. The monoisotopic (exact) mass is 720 g/mol. The molecule has 0 saturated carbocycles. The Morgan fingerprint density at radius 3 is 2.15 bits per heavy atom. The molecule has 4 aliphatic heterocycles. The predicted molar refractivity (Wildman–Crippen MR) is 204 cm³/mol. The Kier molecular flexibility index (Phi) is 8.14. The average Bonchev–Trinajstić information content (AvgIpc) is 3.67. The van der Waals surface area contributed by atoms with Crippen LogP contribution >= 0.6 is 0 Å². The van der Waals surface area contributed by atoms with Gasteiger partial charge in [-0.2, -0.15) is 0 Å². The molecular formula is C43H36N4O7. The number of amides is 2. The van der Waals surface area contributed by atoms with Gasteiger partial charge in [-0.25, -0.2) is 0 Å². The molecular weight excluding hydrogens is 684 g/mol. The molecule has 0 bridgehead atoms. The number of ether oxygens (including phenoxy) is 3. The molecule has 0 radical (unpaired) electrons. The molecule has 9 rings (SSSR count). The minimum absolute atomic E-state index is 0.0232. The van der Waals surface area contributed by atoms with Crippen LogP contribution in [-0.4, -0.2) is 42.1 Å². The molecule has 5 aromatic rings. The number of fused-ring (bicyclic) bond motifs is 8. The minimum Gasteiger partial charge on any atom is -0.493 e. The molecule has 270 valence electrons. The van der Waals surface area contributed by atoms with Crippen molar-refractivity contribution < 1.29 is 28.7 Å². The normalized spacial score (nSPS) is 17.7. The lowest BCUT2D eigenvalue weighted by Gasteiger charge is -2.23. The second-order valence-electron chi connectivity index (χ2n) is 14.2. The molecule has 0 fully saturated rings. The zero-order chi connectivity index (χ0) is 37.1. The molecule has 0 aromatic heterocycles. The van der Waals surface area contributed by atoms with Crippen LogP contribution in [0.5, 0.6) is 17.2 Å². The van der Waals surface area contributed by atoms with Gasteiger partial charge in [0.25, 0.3) is 17.5 Å². The molecule has 11 heteroatoms. The van der Waals surface area contributed by atoms with Crippen molar-refractivity contribution in [3.63, 3.8) is 0 Å². The van der Waals surface area contributed by atoms with E-state index in [0.717, 1.165) is 40.9 Å². The molecule has 0 unspecified atom stereocenters. The third-order valence-electron chi connectivity index (χ3n) is 10.8. The molecule has 0 saturated heterocycles. The van der Waals surface area contributed by atoms with Crippen molar-refractivity contribution in [2.24, 2.45) is 4.99 Å². The van der Waals surface area contributed by atoms with Gasteiger partial charge in [0.2, 0.25) is 0 Å². The van der Waals surface area contributed by atoms with Gasteiger partial charge in [0.1, 0.15) is 19.0 Å². The van der Waals surface area contributed by atoms with Crippen molar-refractivity contribution in [1.82, 2.24) is 0 Å². The van der Waals surface area contributed by atoms with Crippen LogP contribution in [0.2, 0.25) is 0 Å². The standard InChI is InChI=1S/C43H36N4O7/c1-25-13-35-36(44-22-33-18-30-8-4-6-10-38(30)46(33)43(35)49)21-39(25)53-23-26-14-27(16-32(15-26)47(50)51)24-54-41-19-28-11-12-31-17-29-7-3-5-9-37(29)45(31)42(48)34(28)20-40(41)52-2/h3-10,13-16,19-22,31,33H,11-12,17-18,23-24H2,1-2H3/t31-,33+/m1/s1. The summed E-state index contributed by atoms with van der Waals surface area (Å²) in [6, 6.07) is 27.8. The van der Waals surface area contributed by atoms with Gasteiger partial charge in [-0.05, 0) is 96.0 Å². The summed E-state index contributed by atoms with van der Waals surface area (Å²) in [5, 5.41) is 12.0. The number of non-ortho nitro benzene ring substituents is 1. The highest BCUT2D eigenvalue weighted by Crippen LogP contribution is 2.42. The lowest BCUT2D eigenvalue weighted by atomic mass is 9.99. The molecule has 11 nitrogen and oxygen atoms in total. The van der Waals surface area contributed by atoms with E-state index in [-0.39, 0.29) is 42.8 Å². The summed E-state index contributed by atoms with van der Waals surface area (Å²) in [4.78, 5) is 47.6. The minimum atomic E-state index is -0.440. The zero-order valence-corrected chi connectivity index (χ0v) is 29.8. The number of carbonyl (C=O) groups is 2. The van der Waals surface area contributed by atoms with Crippen LogP contribution in [0.1, 0.15) is 60.5 Å². The lowest BCUT2D eigenvalue weighted by molar-refractivity contribution is -0.385. The zero-order valence-electron chi connectivity index (χ0n) is 29.8. The van der Waals surface area contributed by atoms with E-state index >= 15 is 0 Å². The summed E-state index contributed by atoms with van der Waals surface area (Å²) in [5.41, 5.74) is 8.43. The fourth-order valence-corrected chi connectivity index (χ4v) is 8.24. The quantitative estimate of drug-likeness (QED) is 0.118. The number of para-hydroxylation sites is 2. The van der Waals surface area contributed by atoms with Crippen molar-refractivity contribution >= 4 is 40.8 Å². The Balaban J connectivity index is 0.936. The number of carbonyl (C=O) groups excluding carboxylic acids is 2. The Hall–Kier alpha value is -6.49. The van der Waals surface area contributed by atoms with Gasteiger partial charge in [0.05, 0.1) is 29.3 Å². The molecule has 2 amide bonds. The van der Waals surface area contributed by atoms with Gasteiger partial charge in [-0.3, -0.25) is 29.6 Å². The van der Waals surface area contributed by atoms with Crippen molar-refractivity contribution in [3.05, 3.63) is 146 Å². The van der Waals surface area contributed by atoms with E-state index in [1.165, 1.54) is 24.8 Å². The van der Waals surface area contributed by atoms with E-state index in [4.69, 9.17) is 19.2 Å². The number of aliphatic imine (C=N–C) groups is 1. The predicted octanol–water partition coefficient (Wildman–Crippen LogP) is 7.87. The second kappa shape index (κ2) is 13.2. The van der Waals surface area contributed by atoms with E-state index in [1.54, 1.807) is 23.1 Å². The summed E-state index contributed by atoms with van der Waals surface area (Å²) in [6.45, 7) is 1.93. The second-order valence-corrected chi connectivity index (χ2v) is 14.2. The van der Waals surface area contributed by atoms with E-state index in [0.29, 0.717) is 58.0 Å². The number of methoxy groups -OCH3 is 1. The van der Waals surface area contributed by atoms with Crippen LogP contribution < -0.4 is 24.0 Å². The van der Waals surface area contributed by atoms with Crippen LogP contribution in [-0.2, 0) is 32.5 Å². The summed E-state index contributed by atoms with van der Waals surface area (Å²) in [7, 11) is 1.53. The number of anilines is 2. The molecule has 2 atom stereocenters. The van der Waals surface area contributed by atoms with Gasteiger partial charge < -0.3 is 19.1 Å². The number of hydrogen-bond acceptors (Lipinski definition) is 8. The fourth-order valence-electron chi connectivity index (χ4n) is 8.24. The van der Waals surface area contributed by atoms with Crippen LogP contribution in [0.3, 0.4) is 0 Å². The third-order valence-corrected chi connectivity index (χ3v) is 10.8. The maximum absolute atomic E-state index is 13.9. The molecule has 0 N–H and O–H groups in total. The molecule has 0 spiro atoms. The molecule has 54 heavy (non-hydrogen) atoms. The number of rotatable bonds is 8. The van der Waals surface area contributed by atoms with Crippen LogP contribution in [0, 0.1) is 17.0 Å². The maximum Gasteiger partial charge on any atom is 0.270 e. The van der Waals surface area contributed by atoms with E-state index in [1.807, 2.05) is 72.6 Å². The van der Waals surface area contributed by atoms with Gasteiger partial charge in [0.15, 0.2) is 11.5 Å². The van der Waals surface area contributed by atoms with E-state index in [2.05, 4.69) is 6.07 Å².